The van der Waals surface area contributed by atoms with E-state index in [1.54, 1.807) is 17.8 Å². The lowest BCUT2D eigenvalue weighted by atomic mass is 10.2. The molecule has 0 aliphatic carbocycles. The average molecular weight is 457 g/mol. The standard InChI is InChI=1S/C21H22ClFN2S2.ClH/c22-18-15-17(23)5-6-20(18)26-13-2-8-24-9-11-25(12-10-24)19-4-1-3-16-7-14-27-21(16)19;/h1,3-7,14-15H,2,8-13H2;1H. The van der Waals surface area contributed by atoms with Gasteiger partial charge in [0, 0.05) is 31.1 Å². The summed E-state index contributed by atoms with van der Waals surface area (Å²) in [4.78, 5) is 6.02. The van der Waals surface area contributed by atoms with Gasteiger partial charge >= 0.3 is 0 Å². The number of hydrogen-bond acceptors (Lipinski definition) is 4. The zero-order valence-corrected chi connectivity index (χ0v) is 18.6. The molecule has 150 valence electrons. The fourth-order valence-electron chi connectivity index (χ4n) is 3.50. The fraction of sp³-hybridized carbons (Fsp3) is 0.333. The van der Waals surface area contributed by atoms with Crippen LogP contribution in [0.1, 0.15) is 6.42 Å². The first kappa shape index (κ1) is 21.7. The molecule has 0 radical (unpaired) electrons. The minimum atomic E-state index is -0.277. The number of thiophene rings is 1. The van der Waals surface area contributed by atoms with Gasteiger partial charge in [-0.15, -0.1) is 35.5 Å². The van der Waals surface area contributed by atoms with Crippen LogP contribution < -0.4 is 4.90 Å². The number of thioether (sulfide) groups is 1. The molecule has 1 aliphatic heterocycles. The van der Waals surface area contributed by atoms with Crippen molar-refractivity contribution in [1.29, 1.82) is 0 Å². The number of rotatable bonds is 6. The Bertz CT molecular complexity index is 910. The second kappa shape index (κ2) is 10.2. The van der Waals surface area contributed by atoms with Crippen molar-refractivity contribution in [2.75, 3.05) is 43.4 Å². The van der Waals surface area contributed by atoms with Gasteiger partial charge in [0.1, 0.15) is 5.82 Å². The van der Waals surface area contributed by atoms with Crippen LogP contribution in [0.5, 0.6) is 0 Å². The minimum Gasteiger partial charge on any atom is -0.368 e. The van der Waals surface area contributed by atoms with Crippen molar-refractivity contribution in [3.05, 3.63) is 58.7 Å². The van der Waals surface area contributed by atoms with E-state index >= 15 is 0 Å². The molecule has 3 aromatic rings. The van der Waals surface area contributed by atoms with E-state index in [4.69, 9.17) is 11.6 Å². The van der Waals surface area contributed by atoms with Crippen molar-refractivity contribution in [2.24, 2.45) is 0 Å². The Morgan fingerprint density at radius 2 is 1.89 bits per heavy atom. The number of anilines is 1. The Hall–Kier alpha value is -0.980. The van der Waals surface area contributed by atoms with Gasteiger partial charge in [-0.3, -0.25) is 4.90 Å². The zero-order valence-electron chi connectivity index (χ0n) is 15.4. The third-order valence-electron chi connectivity index (χ3n) is 4.94. The van der Waals surface area contributed by atoms with E-state index in [0.717, 1.165) is 49.8 Å². The van der Waals surface area contributed by atoms with E-state index in [-0.39, 0.29) is 18.2 Å². The predicted octanol–water partition coefficient (Wildman–Crippen LogP) is 6.42. The van der Waals surface area contributed by atoms with Gasteiger partial charge < -0.3 is 4.90 Å². The summed E-state index contributed by atoms with van der Waals surface area (Å²) in [6.45, 7) is 5.46. The van der Waals surface area contributed by atoms with Gasteiger partial charge in [0.15, 0.2) is 0 Å². The fourth-order valence-corrected chi connectivity index (χ4v) is 5.63. The number of fused-ring (bicyclic) bond motifs is 1. The zero-order chi connectivity index (χ0) is 18.6. The van der Waals surface area contributed by atoms with Gasteiger partial charge in [-0.25, -0.2) is 4.39 Å². The lowest BCUT2D eigenvalue weighted by molar-refractivity contribution is 0.259. The lowest BCUT2D eigenvalue weighted by Crippen LogP contribution is -2.46. The summed E-state index contributed by atoms with van der Waals surface area (Å²) in [7, 11) is 0. The van der Waals surface area contributed by atoms with Crippen molar-refractivity contribution in [3.63, 3.8) is 0 Å². The molecular weight excluding hydrogens is 434 g/mol. The summed E-state index contributed by atoms with van der Waals surface area (Å²) in [5.41, 5.74) is 1.38. The molecule has 0 saturated carbocycles. The Morgan fingerprint density at radius 1 is 1.07 bits per heavy atom. The van der Waals surface area contributed by atoms with E-state index in [2.05, 4.69) is 39.4 Å². The quantitative estimate of drug-likeness (QED) is 0.312. The third kappa shape index (κ3) is 5.14. The second-order valence-electron chi connectivity index (χ2n) is 6.72. The molecule has 0 unspecified atom stereocenters. The molecule has 2 heterocycles. The first-order chi connectivity index (χ1) is 13.2. The molecule has 28 heavy (non-hydrogen) atoms. The van der Waals surface area contributed by atoms with Crippen molar-refractivity contribution >= 4 is 62.9 Å². The van der Waals surface area contributed by atoms with Crippen molar-refractivity contribution < 1.29 is 4.39 Å². The van der Waals surface area contributed by atoms with Crippen LogP contribution in [-0.2, 0) is 0 Å². The number of nitrogens with zero attached hydrogens (tertiary/aromatic N) is 2. The van der Waals surface area contributed by atoms with E-state index in [1.807, 2.05) is 11.3 Å². The maximum absolute atomic E-state index is 13.1. The van der Waals surface area contributed by atoms with Gasteiger partial charge in [0.25, 0.3) is 0 Å². The Kier molecular flexibility index (Phi) is 7.89. The molecule has 1 saturated heterocycles. The Morgan fingerprint density at radius 3 is 2.68 bits per heavy atom. The molecule has 0 atom stereocenters. The maximum Gasteiger partial charge on any atom is 0.124 e. The van der Waals surface area contributed by atoms with Crippen LogP contribution in [0.25, 0.3) is 10.1 Å². The summed E-state index contributed by atoms with van der Waals surface area (Å²) in [6.07, 6.45) is 1.11. The van der Waals surface area contributed by atoms with Crippen molar-refractivity contribution in [1.82, 2.24) is 4.90 Å². The second-order valence-corrected chi connectivity index (χ2v) is 9.18. The summed E-state index contributed by atoms with van der Waals surface area (Å²) >= 11 is 9.63. The SMILES string of the molecule is Cl.Fc1ccc(SCCCN2CCN(c3cccc4ccsc34)CC2)c(Cl)c1. The van der Waals surface area contributed by atoms with Gasteiger partial charge in [-0.2, -0.15) is 0 Å². The highest BCUT2D eigenvalue weighted by atomic mass is 35.5. The Balaban J connectivity index is 0.00000225. The molecule has 0 amide bonds. The molecule has 4 rings (SSSR count). The van der Waals surface area contributed by atoms with Crippen molar-refractivity contribution in [3.8, 4) is 0 Å². The normalized spacial score (nSPS) is 15.0. The first-order valence-corrected chi connectivity index (χ1v) is 11.5. The highest BCUT2D eigenvalue weighted by Gasteiger charge is 2.18. The van der Waals surface area contributed by atoms with E-state index in [1.165, 1.54) is 27.9 Å². The van der Waals surface area contributed by atoms with Crippen LogP contribution in [-0.4, -0.2) is 43.4 Å². The molecule has 2 nitrogen and oxygen atoms in total. The highest BCUT2D eigenvalue weighted by Crippen LogP contribution is 2.32. The van der Waals surface area contributed by atoms with Gasteiger partial charge in [-0.1, -0.05) is 23.7 Å². The van der Waals surface area contributed by atoms with Gasteiger partial charge in [0.05, 0.1) is 15.4 Å². The van der Waals surface area contributed by atoms with Crippen LogP contribution in [0.15, 0.2) is 52.7 Å². The van der Waals surface area contributed by atoms with E-state index in [0.29, 0.717) is 5.02 Å². The van der Waals surface area contributed by atoms with Gasteiger partial charge in [0.2, 0.25) is 0 Å². The largest absolute Gasteiger partial charge is 0.368 e. The molecule has 0 bridgehead atoms. The molecule has 0 spiro atoms. The minimum absolute atomic E-state index is 0. The average Bonchev–Trinajstić information content (AvgIpc) is 3.16. The molecular formula is C21H23Cl2FN2S2. The maximum atomic E-state index is 13.1. The number of hydrogen-bond donors (Lipinski definition) is 0. The number of piperazine rings is 1. The third-order valence-corrected chi connectivity index (χ3v) is 7.48. The summed E-state index contributed by atoms with van der Waals surface area (Å²) in [5, 5.41) is 4.03. The van der Waals surface area contributed by atoms with E-state index in [9.17, 15) is 4.39 Å². The summed E-state index contributed by atoms with van der Waals surface area (Å²) < 4.78 is 14.5. The van der Waals surface area contributed by atoms with Gasteiger partial charge in [-0.05, 0) is 59.8 Å². The molecule has 1 fully saturated rings. The molecule has 7 heteroatoms. The topological polar surface area (TPSA) is 6.48 Å². The smallest absolute Gasteiger partial charge is 0.124 e. The number of benzene rings is 2. The first-order valence-electron chi connectivity index (χ1n) is 9.22. The summed E-state index contributed by atoms with van der Waals surface area (Å²) in [6, 6.07) is 13.4. The van der Waals surface area contributed by atoms with Crippen molar-refractivity contribution in [2.45, 2.75) is 11.3 Å². The van der Waals surface area contributed by atoms with Crippen LogP contribution in [0, 0.1) is 5.82 Å². The number of halogens is 3. The molecule has 1 aromatic heterocycles. The molecule has 2 aromatic carbocycles. The van der Waals surface area contributed by atoms with Crippen LogP contribution >= 0.6 is 47.1 Å². The van der Waals surface area contributed by atoms with Crippen LogP contribution in [0.2, 0.25) is 5.02 Å². The van der Waals surface area contributed by atoms with Crippen LogP contribution in [0.4, 0.5) is 10.1 Å². The monoisotopic (exact) mass is 456 g/mol. The molecule has 1 aliphatic rings. The molecule has 0 N–H and O–H groups in total. The summed E-state index contributed by atoms with van der Waals surface area (Å²) in [5.74, 6) is 0.723. The Labute approximate surface area is 185 Å². The van der Waals surface area contributed by atoms with E-state index < -0.39 is 0 Å². The highest BCUT2D eigenvalue weighted by molar-refractivity contribution is 7.99. The predicted molar refractivity (Wildman–Crippen MR) is 124 cm³/mol. The van der Waals surface area contributed by atoms with Crippen LogP contribution in [0.3, 0.4) is 0 Å². The lowest BCUT2D eigenvalue weighted by Gasteiger charge is -2.36.